The number of aromatic nitrogens is 2. The molecule has 0 atom stereocenters. The fourth-order valence-corrected chi connectivity index (χ4v) is 1.34. The van der Waals surface area contributed by atoms with E-state index in [1.807, 2.05) is 0 Å². The van der Waals surface area contributed by atoms with Gasteiger partial charge in [-0.15, -0.1) is 0 Å². The van der Waals surface area contributed by atoms with Gasteiger partial charge in [-0.05, 0) is 0 Å². The Labute approximate surface area is 120 Å². The molecule has 1 rings (SSSR count). The van der Waals surface area contributed by atoms with Gasteiger partial charge in [0, 0.05) is 19.3 Å². The molecule has 0 unspecified atom stereocenters. The average molecular weight is 297 g/mol. The van der Waals surface area contributed by atoms with E-state index in [-0.39, 0.29) is 23.0 Å². The van der Waals surface area contributed by atoms with Crippen molar-refractivity contribution >= 4 is 17.8 Å². The van der Waals surface area contributed by atoms with E-state index < -0.39 is 11.9 Å². The molecule has 1 aromatic rings. The van der Waals surface area contributed by atoms with E-state index in [0.717, 1.165) is 20.4 Å². The summed E-state index contributed by atoms with van der Waals surface area (Å²) in [6.45, 7) is 0. The Morgan fingerprint density at radius 3 is 2.29 bits per heavy atom. The van der Waals surface area contributed by atoms with Gasteiger partial charge in [0.15, 0.2) is 5.57 Å². The number of rotatable bonds is 5. The van der Waals surface area contributed by atoms with Crippen LogP contribution in [-0.4, -0.2) is 42.8 Å². The van der Waals surface area contributed by atoms with Crippen LogP contribution in [0.2, 0.25) is 0 Å². The van der Waals surface area contributed by atoms with Crippen molar-refractivity contribution in [1.82, 2.24) is 9.55 Å². The predicted molar refractivity (Wildman–Crippen MR) is 71.8 cm³/mol. The summed E-state index contributed by atoms with van der Waals surface area (Å²) in [5.41, 5.74) is -0.753. The molecular formula is C12H15N3O6. The summed E-state index contributed by atoms with van der Waals surface area (Å²) in [5.74, 6) is -1.67. The number of nitrogens with one attached hydrogen (secondary N) is 1. The Bertz CT molecular complexity index is 616. The maximum Gasteiger partial charge on any atom is 0.346 e. The van der Waals surface area contributed by atoms with Crippen molar-refractivity contribution in [2.45, 2.75) is 0 Å². The minimum Gasteiger partial charge on any atom is -0.468 e. The molecule has 9 nitrogen and oxygen atoms in total. The molecule has 0 aliphatic heterocycles. The number of anilines is 1. The van der Waals surface area contributed by atoms with E-state index >= 15 is 0 Å². The predicted octanol–water partition coefficient (Wildman–Crippen LogP) is -0.569. The lowest BCUT2D eigenvalue weighted by molar-refractivity contribution is -0.144. The normalized spacial score (nSPS) is 9.52. The van der Waals surface area contributed by atoms with Crippen LogP contribution in [0.25, 0.3) is 0 Å². The largest absolute Gasteiger partial charge is 0.468 e. The second kappa shape index (κ2) is 7.08. The van der Waals surface area contributed by atoms with Crippen LogP contribution < -0.4 is 15.6 Å². The highest BCUT2D eigenvalue weighted by molar-refractivity contribution is 6.14. The first-order valence-corrected chi connectivity index (χ1v) is 5.70. The van der Waals surface area contributed by atoms with Crippen LogP contribution in [0.5, 0.6) is 6.01 Å². The highest BCUT2D eigenvalue weighted by Gasteiger charge is 2.19. The number of carbonyl (C=O) groups is 2. The smallest absolute Gasteiger partial charge is 0.346 e. The van der Waals surface area contributed by atoms with Crippen LogP contribution in [0.1, 0.15) is 0 Å². The fourth-order valence-electron chi connectivity index (χ4n) is 1.34. The number of carbonyl (C=O) groups excluding carboxylic acids is 2. The van der Waals surface area contributed by atoms with Gasteiger partial charge in [-0.3, -0.25) is 9.36 Å². The number of nitrogens with zero attached hydrogens (tertiary/aromatic N) is 2. The van der Waals surface area contributed by atoms with Gasteiger partial charge < -0.3 is 19.5 Å². The van der Waals surface area contributed by atoms with Crippen molar-refractivity contribution < 1.29 is 23.8 Å². The van der Waals surface area contributed by atoms with Gasteiger partial charge in [-0.25, -0.2) is 9.59 Å². The first-order valence-electron chi connectivity index (χ1n) is 5.70. The molecule has 21 heavy (non-hydrogen) atoms. The zero-order valence-corrected chi connectivity index (χ0v) is 12.0. The Hall–Kier alpha value is -2.84. The van der Waals surface area contributed by atoms with Crippen LogP contribution in [0.3, 0.4) is 0 Å². The van der Waals surface area contributed by atoms with E-state index in [4.69, 9.17) is 4.74 Å². The summed E-state index contributed by atoms with van der Waals surface area (Å²) >= 11 is 0. The van der Waals surface area contributed by atoms with Crippen molar-refractivity contribution in [2.24, 2.45) is 7.05 Å². The summed E-state index contributed by atoms with van der Waals surface area (Å²) in [6.07, 6.45) is 1.04. The van der Waals surface area contributed by atoms with Gasteiger partial charge in [0.1, 0.15) is 5.82 Å². The third-order valence-corrected chi connectivity index (χ3v) is 2.45. The topological polar surface area (TPSA) is 109 Å². The molecule has 0 saturated carbocycles. The van der Waals surface area contributed by atoms with E-state index in [0.29, 0.717) is 0 Å². The van der Waals surface area contributed by atoms with Crippen LogP contribution in [0.4, 0.5) is 5.82 Å². The average Bonchev–Trinajstić information content (AvgIpc) is 2.49. The Morgan fingerprint density at radius 2 is 1.81 bits per heavy atom. The minimum atomic E-state index is -0.884. The second-order valence-corrected chi connectivity index (χ2v) is 3.71. The quantitative estimate of drug-likeness (QED) is 0.333. The Kier molecular flexibility index (Phi) is 5.47. The molecule has 9 heteroatoms. The van der Waals surface area contributed by atoms with Gasteiger partial charge in [0.05, 0.1) is 21.3 Å². The molecule has 0 spiro atoms. The van der Waals surface area contributed by atoms with Gasteiger partial charge in [-0.2, -0.15) is 4.98 Å². The zero-order valence-electron chi connectivity index (χ0n) is 12.0. The van der Waals surface area contributed by atoms with Gasteiger partial charge in [0.2, 0.25) is 0 Å². The van der Waals surface area contributed by atoms with Crippen molar-refractivity contribution in [1.29, 1.82) is 0 Å². The summed E-state index contributed by atoms with van der Waals surface area (Å²) < 4.78 is 15.0. The first-order chi connectivity index (χ1) is 9.94. The SMILES string of the molecule is COC(=O)C(=CNc1cc(=O)n(C)c(OC)n1)C(=O)OC. The maximum absolute atomic E-state index is 11.6. The molecule has 0 amide bonds. The van der Waals surface area contributed by atoms with Crippen molar-refractivity contribution in [3.63, 3.8) is 0 Å². The van der Waals surface area contributed by atoms with E-state index in [1.165, 1.54) is 24.8 Å². The van der Waals surface area contributed by atoms with Crippen molar-refractivity contribution in [3.8, 4) is 6.01 Å². The number of hydrogen-bond donors (Lipinski definition) is 1. The molecule has 0 aromatic carbocycles. The zero-order chi connectivity index (χ0) is 16.0. The van der Waals surface area contributed by atoms with Crippen molar-refractivity contribution in [2.75, 3.05) is 26.6 Å². The van der Waals surface area contributed by atoms with E-state index in [1.54, 1.807) is 0 Å². The van der Waals surface area contributed by atoms with Crippen LogP contribution in [-0.2, 0) is 26.1 Å². The highest BCUT2D eigenvalue weighted by atomic mass is 16.5. The molecule has 0 radical (unpaired) electrons. The lowest BCUT2D eigenvalue weighted by Crippen LogP contribution is -2.20. The molecule has 1 heterocycles. The Balaban J connectivity index is 3.11. The maximum atomic E-state index is 11.6. The molecule has 0 aliphatic carbocycles. The summed E-state index contributed by atoms with van der Waals surface area (Å²) in [6, 6.07) is 1.24. The minimum absolute atomic E-state index is 0.0658. The molecule has 114 valence electrons. The lowest BCUT2D eigenvalue weighted by atomic mass is 10.3. The molecule has 0 bridgehead atoms. The van der Waals surface area contributed by atoms with Gasteiger partial charge >= 0.3 is 17.9 Å². The number of ether oxygens (including phenoxy) is 3. The van der Waals surface area contributed by atoms with Crippen molar-refractivity contribution in [3.05, 3.63) is 28.2 Å². The number of methoxy groups -OCH3 is 3. The molecular weight excluding hydrogens is 282 g/mol. The fraction of sp³-hybridized carbons (Fsp3) is 0.333. The molecule has 1 aromatic heterocycles. The van der Waals surface area contributed by atoms with E-state index in [9.17, 15) is 14.4 Å². The van der Waals surface area contributed by atoms with Crippen LogP contribution in [0, 0.1) is 0 Å². The van der Waals surface area contributed by atoms with Crippen LogP contribution in [0.15, 0.2) is 22.6 Å². The van der Waals surface area contributed by atoms with Gasteiger partial charge in [-0.1, -0.05) is 0 Å². The lowest BCUT2D eigenvalue weighted by Gasteiger charge is -2.08. The first kappa shape index (κ1) is 16.2. The molecule has 0 aliphatic rings. The molecule has 0 fully saturated rings. The molecule has 1 N–H and O–H groups in total. The van der Waals surface area contributed by atoms with E-state index in [2.05, 4.69) is 19.8 Å². The molecule has 0 saturated heterocycles. The monoisotopic (exact) mass is 297 g/mol. The van der Waals surface area contributed by atoms with Gasteiger partial charge in [0.25, 0.3) is 5.56 Å². The Morgan fingerprint density at radius 1 is 1.24 bits per heavy atom. The second-order valence-electron chi connectivity index (χ2n) is 3.71. The number of esters is 2. The summed E-state index contributed by atoms with van der Waals surface area (Å²) in [5, 5.41) is 2.55. The van der Waals surface area contributed by atoms with Crippen LogP contribution >= 0.6 is 0 Å². The summed E-state index contributed by atoms with van der Waals surface area (Å²) in [7, 11) is 5.09. The number of hydrogen-bond acceptors (Lipinski definition) is 8. The summed E-state index contributed by atoms with van der Waals surface area (Å²) in [4.78, 5) is 38.5. The third-order valence-electron chi connectivity index (χ3n) is 2.45. The standard InChI is InChI=1S/C12H15N3O6/c1-15-9(16)5-8(14-12(15)21-4)13-6-7(10(17)19-2)11(18)20-3/h5-6,13H,1-4H3. The third kappa shape index (κ3) is 3.81. The highest BCUT2D eigenvalue weighted by Crippen LogP contribution is 2.08.